The van der Waals surface area contributed by atoms with Crippen molar-refractivity contribution in [1.29, 1.82) is 0 Å². The van der Waals surface area contributed by atoms with E-state index in [2.05, 4.69) is 26.8 Å². The molecule has 0 bridgehead atoms. The SMILES string of the molecule is C=CC(=O)Nc1ccc2ncn(-c3cncc(N4CCCC4)n3)c2c1. The van der Waals surface area contributed by atoms with Crippen molar-refractivity contribution in [2.24, 2.45) is 0 Å². The van der Waals surface area contributed by atoms with Gasteiger partial charge in [0.05, 0.1) is 23.4 Å². The van der Waals surface area contributed by atoms with Crippen molar-refractivity contribution >= 4 is 28.4 Å². The summed E-state index contributed by atoms with van der Waals surface area (Å²) in [4.78, 5) is 27.3. The first-order valence-electron chi connectivity index (χ1n) is 8.22. The number of nitrogens with one attached hydrogen (secondary N) is 1. The summed E-state index contributed by atoms with van der Waals surface area (Å²) >= 11 is 0. The van der Waals surface area contributed by atoms with Crippen LogP contribution in [-0.4, -0.2) is 38.5 Å². The molecule has 1 aliphatic rings. The van der Waals surface area contributed by atoms with Gasteiger partial charge in [-0.25, -0.2) is 9.97 Å². The lowest BCUT2D eigenvalue weighted by Gasteiger charge is -2.16. The van der Waals surface area contributed by atoms with Crippen LogP contribution in [0, 0.1) is 0 Å². The maximum atomic E-state index is 11.5. The Morgan fingerprint density at radius 2 is 2.00 bits per heavy atom. The number of nitrogens with zero attached hydrogens (tertiary/aromatic N) is 5. The van der Waals surface area contributed by atoms with Gasteiger partial charge in [-0.3, -0.25) is 14.3 Å². The largest absolute Gasteiger partial charge is 0.355 e. The smallest absolute Gasteiger partial charge is 0.247 e. The molecule has 1 N–H and O–H groups in total. The van der Waals surface area contributed by atoms with Gasteiger partial charge in [-0.05, 0) is 37.1 Å². The van der Waals surface area contributed by atoms with Gasteiger partial charge in [0, 0.05) is 18.8 Å². The molecule has 0 atom stereocenters. The monoisotopic (exact) mass is 334 g/mol. The standard InChI is InChI=1S/C18H18N6O/c1-2-18(25)21-13-5-6-14-15(9-13)24(12-20-14)17-11-19-10-16(22-17)23-7-3-4-8-23/h2,5-6,9-12H,1,3-4,7-8H2,(H,21,25). The quantitative estimate of drug-likeness (QED) is 0.742. The summed E-state index contributed by atoms with van der Waals surface area (Å²) in [5, 5.41) is 2.77. The minimum atomic E-state index is -0.249. The van der Waals surface area contributed by atoms with E-state index in [4.69, 9.17) is 4.98 Å². The predicted octanol–water partition coefficient (Wildman–Crippen LogP) is 2.54. The van der Waals surface area contributed by atoms with Crippen LogP contribution in [0.4, 0.5) is 11.5 Å². The van der Waals surface area contributed by atoms with E-state index in [1.54, 1.807) is 18.7 Å². The topological polar surface area (TPSA) is 75.9 Å². The first-order chi connectivity index (χ1) is 12.2. The van der Waals surface area contributed by atoms with Crippen LogP contribution < -0.4 is 10.2 Å². The number of fused-ring (bicyclic) bond motifs is 1. The molecule has 0 aliphatic carbocycles. The molecule has 0 spiro atoms. The van der Waals surface area contributed by atoms with Gasteiger partial charge in [-0.1, -0.05) is 6.58 Å². The third-order valence-corrected chi connectivity index (χ3v) is 4.29. The third-order valence-electron chi connectivity index (χ3n) is 4.29. The molecule has 3 heterocycles. The number of carbonyl (C=O) groups is 1. The molecule has 4 rings (SSSR count). The zero-order valence-corrected chi connectivity index (χ0v) is 13.7. The molecule has 1 amide bonds. The molecule has 1 aliphatic heterocycles. The molecular weight excluding hydrogens is 316 g/mol. The molecule has 0 unspecified atom stereocenters. The lowest BCUT2D eigenvalue weighted by Crippen LogP contribution is -2.19. The van der Waals surface area contributed by atoms with Crippen molar-refractivity contribution in [1.82, 2.24) is 19.5 Å². The van der Waals surface area contributed by atoms with Crippen LogP contribution >= 0.6 is 0 Å². The number of imidazole rings is 1. The predicted molar refractivity (Wildman–Crippen MR) is 96.9 cm³/mol. The van der Waals surface area contributed by atoms with Crippen LogP contribution in [0.2, 0.25) is 0 Å². The molecule has 25 heavy (non-hydrogen) atoms. The molecule has 7 nitrogen and oxygen atoms in total. The van der Waals surface area contributed by atoms with Crippen LogP contribution in [0.1, 0.15) is 12.8 Å². The Kier molecular flexibility index (Phi) is 3.89. The molecule has 3 aromatic rings. The van der Waals surface area contributed by atoms with Crippen LogP contribution in [-0.2, 0) is 4.79 Å². The number of hydrogen-bond donors (Lipinski definition) is 1. The Labute approximate surface area is 145 Å². The highest BCUT2D eigenvalue weighted by atomic mass is 16.1. The Morgan fingerprint density at radius 3 is 2.80 bits per heavy atom. The highest BCUT2D eigenvalue weighted by molar-refractivity contribution is 6.00. The van der Waals surface area contributed by atoms with E-state index in [0.29, 0.717) is 11.5 Å². The minimum absolute atomic E-state index is 0.249. The van der Waals surface area contributed by atoms with Gasteiger partial charge >= 0.3 is 0 Å². The second kappa shape index (κ2) is 6.35. The van der Waals surface area contributed by atoms with Crippen molar-refractivity contribution in [2.45, 2.75) is 12.8 Å². The van der Waals surface area contributed by atoms with Crippen LogP contribution in [0.15, 0.2) is 49.6 Å². The maximum absolute atomic E-state index is 11.5. The first kappa shape index (κ1) is 15.3. The molecule has 126 valence electrons. The lowest BCUT2D eigenvalue weighted by molar-refractivity contribution is -0.111. The summed E-state index contributed by atoms with van der Waals surface area (Å²) in [5.74, 6) is 1.34. The number of hydrogen-bond acceptors (Lipinski definition) is 5. The van der Waals surface area contributed by atoms with E-state index in [0.717, 1.165) is 29.9 Å². The fourth-order valence-corrected chi connectivity index (χ4v) is 3.02. The number of anilines is 2. The van der Waals surface area contributed by atoms with Crippen LogP contribution in [0.25, 0.3) is 16.9 Å². The van der Waals surface area contributed by atoms with Gasteiger partial charge in [0.15, 0.2) is 5.82 Å². The number of amides is 1. The molecule has 1 fully saturated rings. The third kappa shape index (κ3) is 2.96. The normalized spacial score (nSPS) is 14.0. The first-order valence-corrected chi connectivity index (χ1v) is 8.22. The fraction of sp³-hybridized carbons (Fsp3) is 0.222. The van der Waals surface area contributed by atoms with E-state index < -0.39 is 0 Å². The summed E-state index contributed by atoms with van der Waals surface area (Å²) < 4.78 is 1.88. The van der Waals surface area contributed by atoms with E-state index in [1.807, 2.05) is 22.8 Å². The number of benzene rings is 1. The van der Waals surface area contributed by atoms with Gasteiger partial charge in [-0.15, -0.1) is 0 Å². The van der Waals surface area contributed by atoms with Crippen molar-refractivity contribution < 1.29 is 4.79 Å². The summed E-state index contributed by atoms with van der Waals surface area (Å²) in [7, 11) is 0. The minimum Gasteiger partial charge on any atom is -0.355 e. The van der Waals surface area contributed by atoms with Gasteiger partial charge in [0.1, 0.15) is 12.1 Å². The maximum Gasteiger partial charge on any atom is 0.247 e. The van der Waals surface area contributed by atoms with Gasteiger partial charge < -0.3 is 10.2 Å². The summed E-state index contributed by atoms with van der Waals surface area (Å²) in [6.07, 6.45) is 8.85. The molecule has 1 saturated heterocycles. The summed E-state index contributed by atoms with van der Waals surface area (Å²) in [6, 6.07) is 5.55. The summed E-state index contributed by atoms with van der Waals surface area (Å²) in [6.45, 7) is 5.50. The van der Waals surface area contributed by atoms with E-state index in [1.165, 1.54) is 18.9 Å². The van der Waals surface area contributed by atoms with E-state index in [-0.39, 0.29) is 5.91 Å². The summed E-state index contributed by atoms with van der Waals surface area (Å²) in [5.41, 5.74) is 2.36. The second-order valence-corrected chi connectivity index (χ2v) is 5.94. The number of rotatable bonds is 4. The fourth-order valence-electron chi connectivity index (χ4n) is 3.02. The highest BCUT2D eigenvalue weighted by Crippen LogP contribution is 2.23. The zero-order valence-electron chi connectivity index (χ0n) is 13.7. The Balaban J connectivity index is 1.73. The average molecular weight is 334 g/mol. The Bertz CT molecular complexity index is 942. The van der Waals surface area contributed by atoms with Crippen molar-refractivity contribution in [3.63, 3.8) is 0 Å². The van der Waals surface area contributed by atoms with Crippen molar-refractivity contribution in [2.75, 3.05) is 23.3 Å². The Hall–Kier alpha value is -3.22. The molecule has 7 heteroatoms. The molecule has 0 saturated carbocycles. The Morgan fingerprint density at radius 1 is 1.20 bits per heavy atom. The molecular formula is C18H18N6O. The molecule has 1 aromatic carbocycles. The van der Waals surface area contributed by atoms with E-state index in [9.17, 15) is 4.79 Å². The van der Waals surface area contributed by atoms with Crippen LogP contribution in [0.3, 0.4) is 0 Å². The van der Waals surface area contributed by atoms with Crippen molar-refractivity contribution in [3.8, 4) is 5.82 Å². The van der Waals surface area contributed by atoms with Crippen LogP contribution in [0.5, 0.6) is 0 Å². The zero-order chi connectivity index (χ0) is 17.2. The molecule has 0 radical (unpaired) electrons. The van der Waals surface area contributed by atoms with Gasteiger partial charge in [0.2, 0.25) is 5.91 Å². The average Bonchev–Trinajstić information content (AvgIpc) is 3.31. The lowest BCUT2D eigenvalue weighted by atomic mass is 10.2. The van der Waals surface area contributed by atoms with Gasteiger partial charge in [0.25, 0.3) is 0 Å². The molecule has 2 aromatic heterocycles. The number of aromatic nitrogens is 4. The van der Waals surface area contributed by atoms with E-state index >= 15 is 0 Å². The second-order valence-electron chi connectivity index (χ2n) is 5.94. The van der Waals surface area contributed by atoms with Gasteiger partial charge in [-0.2, -0.15) is 0 Å². The highest BCUT2D eigenvalue weighted by Gasteiger charge is 2.15. The van der Waals surface area contributed by atoms with Crippen molar-refractivity contribution in [3.05, 3.63) is 49.6 Å². The number of carbonyl (C=O) groups excluding carboxylic acids is 1.